The molecule has 0 amide bonds. The fourth-order valence-electron chi connectivity index (χ4n) is 4.45. The molecule has 0 saturated carbocycles. The van der Waals surface area contributed by atoms with Gasteiger partial charge >= 0.3 is 0 Å². The number of aromatic nitrogens is 2. The molecule has 0 atom stereocenters. The number of halogens is 1. The maximum atomic E-state index is 9.03. The highest BCUT2D eigenvalue weighted by atomic mass is 35.5. The minimum Gasteiger partial charge on any atom is -0.371 e. The van der Waals surface area contributed by atoms with Crippen molar-refractivity contribution in [3.05, 3.63) is 47.2 Å². The number of benzene rings is 1. The van der Waals surface area contributed by atoms with E-state index in [0.717, 1.165) is 49.7 Å². The summed E-state index contributed by atoms with van der Waals surface area (Å²) < 4.78 is 0. The SMILES string of the molecule is N#Cc1ccc(N2CCC(C3CCN(c4ncccn4)CC3)CC2)cc1Cl. The van der Waals surface area contributed by atoms with Crippen molar-refractivity contribution in [2.45, 2.75) is 25.7 Å². The van der Waals surface area contributed by atoms with Crippen LogP contribution < -0.4 is 9.80 Å². The van der Waals surface area contributed by atoms with Crippen LogP contribution in [0.1, 0.15) is 31.2 Å². The third-order valence-corrected chi connectivity index (χ3v) is 6.33. The molecule has 2 saturated heterocycles. The number of anilines is 2. The molecule has 0 radical (unpaired) electrons. The highest BCUT2D eigenvalue weighted by Crippen LogP contribution is 2.35. The maximum Gasteiger partial charge on any atom is 0.225 e. The van der Waals surface area contributed by atoms with Gasteiger partial charge < -0.3 is 9.80 Å². The topological polar surface area (TPSA) is 56.1 Å². The van der Waals surface area contributed by atoms with Crippen LogP contribution in [0, 0.1) is 23.2 Å². The van der Waals surface area contributed by atoms with E-state index >= 15 is 0 Å². The lowest BCUT2D eigenvalue weighted by molar-refractivity contribution is 0.232. The summed E-state index contributed by atoms with van der Waals surface area (Å²) in [4.78, 5) is 13.5. The maximum absolute atomic E-state index is 9.03. The smallest absolute Gasteiger partial charge is 0.225 e. The first-order valence-corrected chi connectivity index (χ1v) is 10.1. The van der Waals surface area contributed by atoms with E-state index in [1.54, 1.807) is 0 Å². The zero-order chi connectivity index (χ0) is 18.6. The van der Waals surface area contributed by atoms with Crippen molar-refractivity contribution in [2.24, 2.45) is 11.8 Å². The van der Waals surface area contributed by atoms with Crippen molar-refractivity contribution in [3.63, 3.8) is 0 Å². The first kappa shape index (κ1) is 18.1. The first-order chi connectivity index (χ1) is 13.2. The summed E-state index contributed by atoms with van der Waals surface area (Å²) in [6, 6.07) is 9.76. The van der Waals surface area contributed by atoms with Crippen LogP contribution in [-0.4, -0.2) is 36.1 Å². The lowest BCUT2D eigenvalue weighted by Crippen LogP contribution is -2.41. The van der Waals surface area contributed by atoms with Crippen molar-refractivity contribution in [1.29, 1.82) is 5.26 Å². The van der Waals surface area contributed by atoms with Crippen LogP contribution in [0.4, 0.5) is 11.6 Å². The van der Waals surface area contributed by atoms with Crippen molar-refractivity contribution in [1.82, 2.24) is 9.97 Å². The number of hydrogen-bond acceptors (Lipinski definition) is 5. The van der Waals surface area contributed by atoms with E-state index in [9.17, 15) is 0 Å². The van der Waals surface area contributed by atoms with Gasteiger partial charge in [-0.3, -0.25) is 0 Å². The lowest BCUT2D eigenvalue weighted by Gasteiger charge is -2.40. The number of nitrogens with zero attached hydrogens (tertiary/aromatic N) is 5. The number of hydrogen-bond donors (Lipinski definition) is 0. The molecule has 2 aliphatic heterocycles. The Balaban J connectivity index is 1.30. The van der Waals surface area contributed by atoms with E-state index in [0.29, 0.717) is 10.6 Å². The largest absolute Gasteiger partial charge is 0.371 e. The summed E-state index contributed by atoms with van der Waals surface area (Å²) in [5, 5.41) is 9.58. The molecule has 0 aliphatic carbocycles. The van der Waals surface area contributed by atoms with Gasteiger partial charge in [-0.2, -0.15) is 5.26 Å². The fraction of sp³-hybridized carbons (Fsp3) is 0.476. The van der Waals surface area contributed by atoms with Crippen LogP contribution in [0.25, 0.3) is 0 Å². The Labute approximate surface area is 165 Å². The highest BCUT2D eigenvalue weighted by molar-refractivity contribution is 6.32. The predicted octanol–water partition coefficient (Wildman–Crippen LogP) is 4.13. The second-order valence-electron chi connectivity index (χ2n) is 7.47. The molecule has 140 valence electrons. The normalized spacial score (nSPS) is 19.1. The van der Waals surface area contributed by atoms with Gasteiger partial charge in [-0.15, -0.1) is 0 Å². The van der Waals surface area contributed by atoms with Crippen LogP contribution in [0.15, 0.2) is 36.7 Å². The van der Waals surface area contributed by atoms with E-state index in [1.165, 1.54) is 25.7 Å². The van der Waals surface area contributed by atoms with Crippen LogP contribution in [0.3, 0.4) is 0 Å². The second-order valence-corrected chi connectivity index (χ2v) is 7.88. The second kappa shape index (κ2) is 8.14. The third kappa shape index (κ3) is 4.01. The molecule has 0 bridgehead atoms. The van der Waals surface area contributed by atoms with Crippen molar-refractivity contribution < 1.29 is 0 Å². The van der Waals surface area contributed by atoms with Gasteiger partial charge in [0.25, 0.3) is 0 Å². The van der Waals surface area contributed by atoms with Crippen LogP contribution >= 0.6 is 11.6 Å². The summed E-state index contributed by atoms with van der Waals surface area (Å²) in [5.41, 5.74) is 1.68. The molecule has 5 nitrogen and oxygen atoms in total. The molecule has 3 heterocycles. The number of nitriles is 1. The summed E-state index contributed by atoms with van der Waals surface area (Å²) in [6.45, 7) is 4.24. The molecular formula is C21H24ClN5. The van der Waals surface area contributed by atoms with Gasteiger partial charge in [0.2, 0.25) is 5.95 Å². The fourth-order valence-corrected chi connectivity index (χ4v) is 4.66. The van der Waals surface area contributed by atoms with Gasteiger partial charge in [-0.25, -0.2) is 9.97 Å². The van der Waals surface area contributed by atoms with Crippen molar-refractivity contribution >= 4 is 23.2 Å². The molecule has 4 rings (SSSR count). The van der Waals surface area contributed by atoms with Gasteiger partial charge in [-0.05, 0) is 61.8 Å². The molecule has 2 aromatic rings. The monoisotopic (exact) mass is 381 g/mol. The van der Waals surface area contributed by atoms with Gasteiger partial charge in [0.05, 0.1) is 10.6 Å². The summed E-state index contributed by atoms with van der Waals surface area (Å²) in [7, 11) is 0. The quantitative estimate of drug-likeness (QED) is 0.799. The van der Waals surface area contributed by atoms with E-state index in [-0.39, 0.29) is 0 Å². The van der Waals surface area contributed by atoms with Gasteiger partial charge in [-0.1, -0.05) is 11.6 Å². The third-order valence-electron chi connectivity index (χ3n) is 6.02. The van der Waals surface area contributed by atoms with E-state index < -0.39 is 0 Å². The summed E-state index contributed by atoms with van der Waals surface area (Å²) in [5.74, 6) is 2.47. The Kier molecular flexibility index (Phi) is 5.45. The Morgan fingerprint density at radius 1 is 0.926 bits per heavy atom. The zero-order valence-corrected chi connectivity index (χ0v) is 16.1. The molecule has 2 fully saturated rings. The molecule has 1 aromatic carbocycles. The lowest BCUT2D eigenvalue weighted by atomic mass is 9.79. The van der Waals surface area contributed by atoms with Crippen molar-refractivity contribution in [2.75, 3.05) is 36.0 Å². The van der Waals surface area contributed by atoms with E-state index in [4.69, 9.17) is 16.9 Å². The van der Waals surface area contributed by atoms with E-state index in [2.05, 4.69) is 25.8 Å². The zero-order valence-electron chi connectivity index (χ0n) is 15.4. The van der Waals surface area contributed by atoms with E-state index in [1.807, 2.05) is 36.7 Å². The Bertz CT molecular complexity index is 803. The minimum atomic E-state index is 0.546. The first-order valence-electron chi connectivity index (χ1n) is 9.71. The molecule has 27 heavy (non-hydrogen) atoms. The average Bonchev–Trinajstić information content (AvgIpc) is 2.74. The summed E-state index contributed by atoms with van der Waals surface area (Å²) in [6.07, 6.45) is 8.55. The standard InChI is InChI=1S/C21H24ClN5/c22-20-14-19(3-2-18(20)15-23)26-10-4-16(5-11-26)17-6-12-27(13-7-17)21-24-8-1-9-25-21/h1-3,8-9,14,16-17H,4-7,10-13H2. The number of piperidine rings is 2. The Hall–Kier alpha value is -2.32. The van der Waals surface area contributed by atoms with Gasteiger partial charge in [0, 0.05) is 44.3 Å². The molecule has 2 aliphatic rings. The number of rotatable bonds is 3. The van der Waals surface area contributed by atoms with Crippen LogP contribution in [-0.2, 0) is 0 Å². The van der Waals surface area contributed by atoms with Gasteiger partial charge in [0.1, 0.15) is 6.07 Å². The van der Waals surface area contributed by atoms with Crippen LogP contribution in [0.2, 0.25) is 5.02 Å². The van der Waals surface area contributed by atoms with Crippen molar-refractivity contribution in [3.8, 4) is 6.07 Å². The Morgan fingerprint density at radius 2 is 1.52 bits per heavy atom. The van der Waals surface area contributed by atoms with Gasteiger partial charge in [0.15, 0.2) is 0 Å². The molecule has 1 aromatic heterocycles. The highest BCUT2D eigenvalue weighted by Gasteiger charge is 2.30. The summed E-state index contributed by atoms with van der Waals surface area (Å²) >= 11 is 6.20. The van der Waals surface area contributed by atoms with Crippen LogP contribution in [0.5, 0.6) is 0 Å². The predicted molar refractivity (Wildman–Crippen MR) is 108 cm³/mol. The Morgan fingerprint density at radius 3 is 2.07 bits per heavy atom. The molecule has 0 unspecified atom stereocenters. The molecule has 0 spiro atoms. The molecule has 0 N–H and O–H groups in total. The minimum absolute atomic E-state index is 0.546. The molecule has 6 heteroatoms. The average molecular weight is 382 g/mol. The molecular weight excluding hydrogens is 358 g/mol.